The molecule has 2 aromatic rings. The summed E-state index contributed by atoms with van der Waals surface area (Å²) in [6.07, 6.45) is 4.37. The molecule has 5 heteroatoms. The third-order valence-corrected chi connectivity index (χ3v) is 5.08. The van der Waals surface area contributed by atoms with E-state index in [2.05, 4.69) is 10.3 Å². The number of carbonyl (C=O) groups is 2. The fourth-order valence-corrected chi connectivity index (χ4v) is 3.71. The molecule has 0 unspecified atom stereocenters. The Kier molecular flexibility index (Phi) is 5.66. The summed E-state index contributed by atoms with van der Waals surface area (Å²) in [5, 5.41) is 3.03. The first-order valence-electron chi connectivity index (χ1n) is 9.10. The van der Waals surface area contributed by atoms with Crippen LogP contribution < -0.4 is 5.32 Å². The summed E-state index contributed by atoms with van der Waals surface area (Å²) in [5.41, 5.74) is 3.17. The van der Waals surface area contributed by atoms with Crippen molar-refractivity contribution < 1.29 is 9.59 Å². The molecule has 2 atom stereocenters. The number of hydrogen-bond donors (Lipinski definition) is 1. The van der Waals surface area contributed by atoms with Gasteiger partial charge in [-0.2, -0.15) is 0 Å². The van der Waals surface area contributed by atoms with E-state index in [1.54, 1.807) is 6.20 Å². The van der Waals surface area contributed by atoms with Gasteiger partial charge in [-0.15, -0.1) is 0 Å². The van der Waals surface area contributed by atoms with Gasteiger partial charge in [-0.1, -0.05) is 30.3 Å². The lowest BCUT2D eigenvalue weighted by Gasteiger charge is -2.27. The van der Waals surface area contributed by atoms with Crippen LogP contribution in [-0.4, -0.2) is 34.8 Å². The lowest BCUT2D eigenvalue weighted by atomic mass is 9.94. The Labute approximate surface area is 154 Å². The molecule has 0 radical (unpaired) electrons. The van der Waals surface area contributed by atoms with Crippen molar-refractivity contribution in [1.29, 1.82) is 0 Å². The Morgan fingerprint density at radius 2 is 2.08 bits per heavy atom. The third kappa shape index (κ3) is 3.93. The predicted molar refractivity (Wildman–Crippen MR) is 100 cm³/mol. The zero-order chi connectivity index (χ0) is 18.5. The average Bonchev–Trinajstić information content (AvgIpc) is 2.98. The van der Waals surface area contributed by atoms with Crippen LogP contribution in [0.25, 0.3) is 0 Å². The molecule has 0 saturated carbocycles. The summed E-state index contributed by atoms with van der Waals surface area (Å²) in [6.45, 7) is 5.15. The van der Waals surface area contributed by atoms with Gasteiger partial charge in [-0.3, -0.25) is 14.6 Å². The van der Waals surface area contributed by atoms with E-state index in [4.69, 9.17) is 0 Å². The van der Waals surface area contributed by atoms with Crippen molar-refractivity contribution in [2.45, 2.75) is 32.7 Å². The molecule has 2 amide bonds. The molecule has 1 aromatic heterocycles. The topological polar surface area (TPSA) is 62.3 Å². The smallest absolute Gasteiger partial charge is 0.224 e. The summed E-state index contributed by atoms with van der Waals surface area (Å²) >= 11 is 0. The van der Waals surface area contributed by atoms with E-state index in [-0.39, 0.29) is 23.8 Å². The highest BCUT2D eigenvalue weighted by molar-refractivity contribution is 5.81. The Balaban J connectivity index is 1.67. The first kappa shape index (κ1) is 18.1. The first-order chi connectivity index (χ1) is 12.6. The molecule has 2 heterocycles. The molecular formula is C21H25N3O2. The number of carbonyl (C=O) groups excluding carboxylic acids is 2. The van der Waals surface area contributed by atoms with Gasteiger partial charge in [0.2, 0.25) is 11.8 Å². The SMILES string of the molecule is CCN1C(=O)C[C@@H](CNC(=O)Cc2ccccc2C)[C@@H]1c1cccnc1. The van der Waals surface area contributed by atoms with E-state index in [0.29, 0.717) is 25.9 Å². The van der Waals surface area contributed by atoms with Crippen molar-refractivity contribution in [2.24, 2.45) is 5.92 Å². The molecule has 1 fully saturated rings. The molecule has 26 heavy (non-hydrogen) atoms. The monoisotopic (exact) mass is 351 g/mol. The van der Waals surface area contributed by atoms with Crippen LogP contribution in [0.4, 0.5) is 0 Å². The molecule has 0 bridgehead atoms. The van der Waals surface area contributed by atoms with Gasteiger partial charge in [0.05, 0.1) is 12.5 Å². The number of nitrogens with one attached hydrogen (secondary N) is 1. The zero-order valence-corrected chi connectivity index (χ0v) is 15.3. The Hall–Kier alpha value is -2.69. The van der Waals surface area contributed by atoms with Gasteiger partial charge < -0.3 is 10.2 Å². The van der Waals surface area contributed by atoms with Crippen molar-refractivity contribution in [3.8, 4) is 0 Å². The van der Waals surface area contributed by atoms with E-state index >= 15 is 0 Å². The molecule has 136 valence electrons. The van der Waals surface area contributed by atoms with E-state index < -0.39 is 0 Å². The van der Waals surface area contributed by atoms with Crippen LogP contribution in [0, 0.1) is 12.8 Å². The van der Waals surface area contributed by atoms with E-state index in [1.807, 2.05) is 61.3 Å². The molecule has 0 spiro atoms. The van der Waals surface area contributed by atoms with Crippen LogP contribution in [-0.2, 0) is 16.0 Å². The molecule has 1 saturated heterocycles. The maximum atomic E-state index is 12.4. The molecular weight excluding hydrogens is 326 g/mol. The van der Waals surface area contributed by atoms with Crippen molar-refractivity contribution in [3.05, 3.63) is 65.5 Å². The molecule has 3 rings (SSSR count). The second kappa shape index (κ2) is 8.13. The lowest BCUT2D eigenvalue weighted by Crippen LogP contribution is -2.34. The fraction of sp³-hybridized carbons (Fsp3) is 0.381. The maximum absolute atomic E-state index is 12.4. The highest BCUT2D eigenvalue weighted by Gasteiger charge is 2.39. The zero-order valence-electron chi connectivity index (χ0n) is 15.3. The van der Waals surface area contributed by atoms with Crippen LogP contribution in [0.1, 0.15) is 36.1 Å². The van der Waals surface area contributed by atoms with Crippen LogP contribution in [0.5, 0.6) is 0 Å². The largest absolute Gasteiger partial charge is 0.355 e. The summed E-state index contributed by atoms with van der Waals surface area (Å²) in [7, 11) is 0. The highest BCUT2D eigenvalue weighted by Crippen LogP contribution is 2.37. The second-order valence-corrected chi connectivity index (χ2v) is 6.78. The van der Waals surface area contributed by atoms with Gasteiger partial charge in [-0.25, -0.2) is 0 Å². The number of benzene rings is 1. The summed E-state index contributed by atoms with van der Waals surface area (Å²) in [5.74, 6) is 0.193. The van der Waals surface area contributed by atoms with Gasteiger partial charge in [0.1, 0.15) is 0 Å². The summed E-state index contributed by atoms with van der Waals surface area (Å²) < 4.78 is 0. The molecule has 1 aromatic carbocycles. The second-order valence-electron chi connectivity index (χ2n) is 6.78. The van der Waals surface area contributed by atoms with Gasteiger partial charge in [-0.05, 0) is 36.6 Å². The third-order valence-electron chi connectivity index (χ3n) is 5.08. The van der Waals surface area contributed by atoms with E-state index in [1.165, 1.54) is 0 Å². The minimum absolute atomic E-state index is 0.00775. The predicted octanol–water partition coefficient (Wildman–Crippen LogP) is 2.66. The van der Waals surface area contributed by atoms with Crippen LogP contribution >= 0.6 is 0 Å². The minimum Gasteiger partial charge on any atom is -0.355 e. The van der Waals surface area contributed by atoms with Gasteiger partial charge in [0, 0.05) is 37.8 Å². The number of pyridine rings is 1. The van der Waals surface area contributed by atoms with Crippen molar-refractivity contribution in [2.75, 3.05) is 13.1 Å². The van der Waals surface area contributed by atoms with Crippen LogP contribution in [0.3, 0.4) is 0 Å². The van der Waals surface area contributed by atoms with Gasteiger partial charge >= 0.3 is 0 Å². The van der Waals surface area contributed by atoms with E-state index in [9.17, 15) is 9.59 Å². The summed E-state index contributed by atoms with van der Waals surface area (Å²) in [6, 6.07) is 11.8. The molecule has 1 aliphatic heterocycles. The number of rotatable bonds is 6. The van der Waals surface area contributed by atoms with Crippen molar-refractivity contribution in [1.82, 2.24) is 15.2 Å². The number of nitrogens with zero attached hydrogens (tertiary/aromatic N) is 2. The first-order valence-corrected chi connectivity index (χ1v) is 9.10. The standard InChI is InChI=1S/C21H25N3O2/c1-3-24-20(26)12-18(21(24)17-9-6-10-22-13-17)14-23-19(25)11-16-8-5-4-7-15(16)2/h4-10,13,18,21H,3,11-12,14H2,1-2H3,(H,23,25)/t18-,21-/m0/s1. The Morgan fingerprint density at radius 1 is 1.27 bits per heavy atom. The lowest BCUT2D eigenvalue weighted by molar-refractivity contribution is -0.128. The highest BCUT2D eigenvalue weighted by atomic mass is 16.2. The molecule has 0 aliphatic carbocycles. The molecule has 5 nitrogen and oxygen atoms in total. The Bertz CT molecular complexity index is 776. The summed E-state index contributed by atoms with van der Waals surface area (Å²) in [4.78, 5) is 30.8. The van der Waals surface area contributed by atoms with Crippen LogP contribution in [0.15, 0.2) is 48.8 Å². The Morgan fingerprint density at radius 3 is 2.77 bits per heavy atom. The number of likely N-dealkylation sites (tertiary alicyclic amines) is 1. The number of amides is 2. The quantitative estimate of drug-likeness (QED) is 0.870. The minimum atomic E-state index is -0.0278. The maximum Gasteiger partial charge on any atom is 0.224 e. The van der Waals surface area contributed by atoms with Crippen molar-refractivity contribution >= 4 is 11.8 Å². The molecule has 1 N–H and O–H groups in total. The average molecular weight is 351 g/mol. The number of aromatic nitrogens is 1. The number of hydrogen-bond acceptors (Lipinski definition) is 3. The van der Waals surface area contributed by atoms with Gasteiger partial charge in [0.15, 0.2) is 0 Å². The van der Waals surface area contributed by atoms with Crippen LogP contribution in [0.2, 0.25) is 0 Å². The fourth-order valence-electron chi connectivity index (χ4n) is 3.71. The van der Waals surface area contributed by atoms with Gasteiger partial charge in [0.25, 0.3) is 0 Å². The van der Waals surface area contributed by atoms with E-state index in [0.717, 1.165) is 16.7 Å². The normalized spacial score (nSPS) is 19.6. The molecule has 1 aliphatic rings. The number of aryl methyl sites for hydroxylation is 1. The van der Waals surface area contributed by atoms with Crippen molar-refractivity contribution in [3.63, 3.8) is 0 Å².